The van der Waals surface area contributed by atoms with Gasteiger partial charge in [-0.15, -0.1) is 11.6 Å². The molecule has 0 radical (unpaired) electrons. The van der Waals surface area contributed by atoms with Gasteiger partial charge in [0.25, 0.3) is 0 Å². The van der Waals surface area contributed by atoms with Gasteiger partial charge in [-0.1, -0.05) is 48.5 Å². The molecular weight excluding hydrogens is 272 g/mol. The predicted octanol–water partition coefficient (Wildman–Crippen LogP) is 4.12. The molecule has 0 saturated heterocycles. The van der Waals surface area contributed by atoms with E-state index in [9.17, 15) is 4.79 Å². The zero-order valence-corrected chi connectivity index (χ0v) is 12.1. The Kier molecular flexibility index (Phi) is 5.19. The van der Waals surface area contributed by atoms with Crippen LogP contribution in [0.1, 0.15) is 22.8 Å². The Labute approximate surface area is 124 Å². The van der Waals surface area contributed by atoms with Crippen LogP contribution in [0, 0.1) is 0 Å². The fraction of sp³-hybridized carbons (Fsp3) is 0.235. The lowest BCUT2D eigenvalue weighted by Crippen LogP contribution is -2.17. The molecule has 104 valence electrons. The highest BCUT2D eigenvalue weighted by Gasteiger charge is 2.19. The summed E-state index contributed by atoms with van der Waals surface area (Å²) in [6.07, 6.45) is 0.464. The third-order valence-electron chi connectivity index (χ3n) is 3.01. The average Bonchev–Trinajstić information content (AvgIpc) is 2.49. The van der Waals surface area contributed by atoms with E-state index in [1.165, 1.54) is 0 Å². The van der Waals surface area contributed by atoms with Gasteiger partial charge in [0, 0.05) is 5.56 Å². The molecule has 2 nitrogen and oxygen atoms in total. The number of carbonyl (C=O) groups is 1. The number of ketones is 1. The molecule has 1 atom stereocenters. The number of alkyl halides is 1. The maximum Gasteiger partial charge on any atom is 0.180 e. The molecule has 0 aliphatic carbocycles. The molecule has 0 aliphatic heterocycles. The summed E-state index contributed by atoms with van der Waals surface area (Å²) in [5.74, 6) is 0.736. The third kappa shape index (κ3) is 3.61. The van der Waals surface area contributed by atoms with Crippen LogP contribution in [-0.2, 0) is 6.42 Å². The number of rotatable bonds is 6. The minimum atomic E-state index is -0.584. The number of Topliss-reactive ketones (excluding diaryl/α,β-unsaturated/α-hetero) is 1. The number of hydrogen-bond acceptors (Lipinski definition) is 2. The monoisotopic (exact) mass is 288 g/mol. The van der Waals surface area contributed by atoms with Crippen molar-refractivity contribution < 1.29 is 9.53 Å². The summed E-state index contributed by atoms with van der Waals surface area (Å²) in [6, 6.07) is 16.8. The zero-order valence-electron chi connectivity index (χ0n) is 11.4. The first-order chi connectivity index (χ1) is 9.72. The third-order valence-corrected chi connectivity index (χ3v) is 3.37. The van der Waals surface area contributed by atoms with Gasteiger partial charge < -0.3 is 4.74 Å². The molecule has 2 rings (SSSR count). The number of halogens is 1. The number of ether oxygens (including phenoxy) is 1. The molecule has 1 unspecified atom stereocenters. The predicted molar refractivity (Wildman–Crippen MR) is 81.7 cm³/mol. The number of carbonyl (C=O) groups excluding carboxylic acids is 1. The van der Waals surface area contributed by atoms with Gasteiger partial charge in [-0.25, -0.2) is 0 Å². The van der Waals surface area contributed by atoms with Crippen molar-refractivity contribution in [2.75, 3.05) is 6.61 Å². The Balaban J connectivity index is 2.12. The quantitative estimate of drug-likeness (QED) is 0.590. The Morgan fingerprint density at radius 1 is 1.10 bits per heavy atom. The lowest BCUT2D eigenvalue weighted by molar-refractivity contribution is 0.0986. The van der Waals surface area contributed by atoms with Crippen LogP contribution in [0.3, 0.4) is 0 Å². The molecule has 20 heavy (non-hydrogen) atoms. The highest BCUT2D eigenvalue weighted by molar-refractivity contribution is 6.34. The van der Waals surface area contributed by atoms with E-state index in [-0.39, 0.29) is 5.78 Å². The number of benzene rings is 2. The van der Waals surface area contributed by atoms with Crippen LogP contribution < -0.4 is 4.74 Å². The van der Waals surface area contributed by atoms with Crippen molar-refractivity contribution >= 4 is 17.4 Å². The smallest absolute Gasteiger partial charge is 0.180 e. The van der Waals surface area contributed by atoms with Gasteiger partial charge in [0.1, 0.15) is 11.1 Å². The Morgan fingerprint density at radius 2 is 1.75 bits per heavy atom. The van der Waals surface area contributed by atoms with E-state index in [4.69, 9.17) is 16.3 Å². The van der Waals surface area contributed by atoms with Crippen molar-refractivity contribution in [3.63, 3.8) is 0 Å². The van der Waals surface area contributed by atoms with Crippen molar-refractivity contribution in [3.05, 3.63) is 65.7 Å². The number of hydrogen-bond donors (Lipinski definition) is 0. The Bertz CT molecular complexity index is 566. The van der Waals surface area contributed by atoms with E-state index in [0.29, 0.717) is 18.6 Å². The molecule has 0 fully saturated rings. The summed E-state index contributed by atoms with van der Waals surface area (Å²) in [7, 11) is 0. The molecule has 0 N–H and O–H groups in total. The lowest BCUT2D eigenvalue weighted by Gasteiger charge is -2.13. The Hall–Kier alpha value is -1.80. The minimum Gasteiger partial charge on any atom is -0.494 e. The van der Waals surface area contributed by atoms with Gasteiger partial charge in [0.15, 0.2) is 5.78 Å². The fourth-order valence-electron chi connectivity index (χ4n) is 2.04. The molecule has 3 heteroatoms. The molecule has 2 aromatic rings. The first kappa shape index (κ1) is 14.6. The summed E-state index contributed by atoms with van der Waals surface area (Å²) in [4.78, 5) is 12.2. The van der Waals surface area contributed by atoms with Crippen LogP contribution in [0.2, 0.25) is 0 Å². The second-order valence-electron chi connectivity index (χ2n) is 4.44. The summed E-state index contributed by atoms with van der Waals surface area (Å²) < 4.78 is 5.55. The van der Waals surface area contributed by atoms with Crippen LogP contribution in [0.5, 0.6) is 5.75 Å². The van der Waals surface area contributed by atoms with Crippen LogP contribution in [0.4, 0.5) is 0 Å². The van der Waals surface area contributed by atoms with Crippen molar-refractivity contribution in [1.82, 2.24) is 0 Å². The Morgan fingerprint density at radius 3 is 2.45 bits per heavy atom. The molecule has 0 spiro atoms. The maximum absolute atomic E-state index is 12.2. The van der Waals surface area contributed by atoms with E-state index in [0.717, 1.165) is 11.3 Å². The van der Waals surface area contributed by atoms with E-state index in [1.54, 1.807) is 12.1 Å². The molecule has 0 heterocycles. The van der Waals surface area contributed by atoms with Crippen LogP contribution >= 0.6 is 11.6 Å². The van der Waals surface area contributed by atoms with Gasteiger partial charge >= 0.3 is 0 Å². The second-order valence-corrected chi connectivity index (χ2v) is 4.97. The normalized spacial score (nSPS) is 11.9. The molecule has 0 aliphatic rings. The minimum absolute atomic E-state index is 0.0569. The first-order valence-corrected chi connectivity index (χ1v) is 7.10. The van der Waals surface area contributed by atoms with E-state index < -0.39 is 5.38 Å². The van der Waals surface area contributed by atoms with Crippen molar-refractivity contribution in [3.8, 4) is 5.75 Å². The molecule has 0 bridgehead atoms. The average molecular weight is 289 g/mol. The fourth-order valence-corrected chi connectivity index (χ4v) is 2.33. The topological polar surface area (TPSA) is 26.3 Å². The van der Waals surface area contributed by atoms with Gasteiger partial charge in [-0.2, -0.15) is 0 Å². The SMILES string of the molecule is CCOc1ccccc1CC(Cl)C(=O)c1ccccc1. The standard InChI is InChI=1S/C17H17ClO2/c1-2-20-16-11-7-6-10-14(16)12-15(18)17(19)13-8-4-3-5-9-13/h3-11,15H,2,12H2,1H3. The van der Waals surface area contributed by atoms with E-state index in [1.807, 2.05) is 49.4 Å². The number of para-hydroxylation sites is 1. The highest BCUT2D eigenvalue weighted by Crippen LogP contribution is 2.22. The molecular formula is C17H17ClO2. The van der Waals surface area contributed by atoms with Crippen LogP contribution in [-0.4, -0.2) is 17.8 Å². The molecule has 0 amide bonds. The van der Waals surface area contributed by atoms with Gasteiger partial charge in [0.2, 0.25) is 0 Å². The van der Waals surface area contributed by atoms with Gasteiger partial charge in [-0.05, 0) is 25.0 Å². The van der Waals surface area contributed by atoms with Crippen LogP contribution in [0.25, 0.3) is 0 Å². The summed E-state index contributed by atoms with van der Waals surface area (Å²) >= 11 is 6.27. The van der Waals surface area contributed by atoms with E-state index in [2.05, 4.69) is 0 Å². The van der Waals surface area contributed by atoms with Crippen molar-refractivity contribution in [1.29, 1.82) is 0 Å². The van der Waals surface area contributed by atoms with Gasteiger partial charge in [-0.3, -0.25) is 4.79 Å². The molecule has 2 aromatic carbocycles. The van der Waals surface area contributed by atoms with Crippen molar-refractivity contribution in [2.24, 2.45) is 0 Å². The second kappa shape index (κ2) is 7.11. The first-order valence-electron chi connectivity index (χ1n) is 6.66. The lowest BCUT2D eigenvalue weighted by atomic mass is 10.0. The van der Waals surface area contributed by atoms with Crippen molar-refractivity contribution in [2.45, 2.75) is 18.7 Å². The molecule has 0 saturated carbocycles. The largest absolute Gasteiger partial charge is 0.494 e. The summed E-state index contributed by atoms with van der Waals surface area (Å²) in [6.45, 7) is 2.53. The van der Waals surface area contributed by atoms with Gasteiger partial charge in [0.05, 0.1) is 6.61 Å². The van der Waals surface area contributed by atoms with Crippen LogP contribution in [0.15, 0.2) is 54.6 Å². The highest BCUT2D eigenvalue weighted by atomic mass is 35.5. The molecule has 0 aromatic heterocycles. The summed E-state index contributed by atoms with van der Waals surface area (Å²) in [5, 5.41) is -0.584. The van der Waals surface area contributed by atoms with E-state index >= 15 is 0 Å². The zero-order chi connectivity index (χ0) is 14.4. The summed E-state index contributed by atoms with van der Waals surface area (Å²) in [5.41, 5.74) is 1.60. The maximum atomic E-state index is 12.2.